The summed E-state index contributed by atoms with van der Waals surface area (Å²) in [4.78, 5) is 15.6. The van der Waals surface area contributed by atoms with E-state index in [0.717, 1.165) is 48.2 Å². The van der Waals surface area contributed by atoms with Gasteiger partial charge in [-0.25, -0.2) is 0 Å². The lowest BCUT2D eigenvalue weighted by atomic mass is 9.98. The quantitative estimate of drug-likeness (QED) is 0.477. The molecule has 142 valence electrons. The van der Waals surface area contributed by atoms with Gasteiger partial charge in [0, 0.05) is 17.4 Å². The Kier molecular flexibility index (Phi) is 6.14. The van der Waals surface area contributed by atoms with Crippen LogP contribution in [0.3, 0.4) is 0 Å². The van der Waals surface area contributed by atoms with Gasteiger partial charge in [-0.2, -0.15) is 0 Å². The molecule has 0 spiro atoms. The van der Waals surface area contributed by atoms with E-state index in [9.17, 15) is 9.90 Å². The SMILES string of the molecule is CCCCCC(O)C=Cc1cccc2c1C(=Cc1[nH]ccc1OC)C(=O)N2. The highest BCUT2D eigenvalue weighted by Gasteiger charge is 2.26. The number of aliphatic hydroxyl groups excluding tert-OH is 1. The first-order valence-electron chi connectivity index (χ1n) is 9.38. The molecule has 0 aliphatic carbocycles. The van der Waals surface area contributed by atoms with Crippen molar-refractivity contribution in [2.45, 2.75) is 38.7 Å². The fraction of sp³-hybridized carbons (Fsp3) is 0.318. The first-order valence-corrected chi connectivity index (χ1v) is 9.38. The standard InChI is InChI=1S/C22H26N2O3/c1-3-4-5-8-16(25)11-10-15-7-6-9-18-21(15)17(22(26)24-18)14-19-20(27-2)12-13-23-19/h6-7,9-14,16,23,25H,3-5,8H2,1-2H3,(H,24,26). The molecular formula is C22H26N2O3. The number of aromatic nitrogens is 1. The fourth-order valence-corrected chi connectivity index (χ4v) is 3.27. The van der Waals surface area contributed by atoms with Gasteiger partial charge in [-0.3, -0.25) is 4.79 Å². The predicted octanol–water partition coefficient (Wildman–Crippen LogP) is 4.47. The van der Waals surface area contributed by atoms with Crippen molar-refractivity contribution in [3.8, 4) is 5.75 Å². The Balaban J connectivity index is 1.90. The van der Waals surface area contributed by atoms with Crippen molar-refractivity contribution < 1.29 is 14.6 Å². The number of aliphatic hydroxyl groups is 1. The third kappa shape index (κ3) is 4.31. The molecule has 0 radical (unpaired) electrons. The van der Waals surface area contributed by atoms with Gasteiger partial charge in [0.15, 0.2) is 0 Å². The molecule has 0 fully saturated rings. The van der Waals surface area contributed by atoms with E-state index in [2.05, 4.69) is 17.2 Å². The van der Waals surface area contributed by atoms with Crippen LogP contribution in [0.5, 0.6) is 5.75 Å². The number of fused-ring (bicyclic) bond motifs is 1. The van der Waals surface area contributed by atoms with Crippen LogP contribution in [0.4, 0.5) is 5.69 Å². The van der Waals surface area contributed by atoms with Crippen molar-refractivity contribution in [3.63, 3.8) is 0 Å². The highest BCUT2D eigenvalue weighted by atomic mass is 16.5. The molecule has 5 heteroatoms. The number of unbranched alkanes of at least 4 members (excludes halogenated alkanes) is 2. The number of benzene rings is 1. The maximum atomic E-state index is 12.5. The summed E-state index contributed by atoms with van der Waals surface area (Å²) in [6.45, 7) is 2.15. The Morgan fingerprint density at radius 1 is 1.26 bits per heavy atom. The van der Waals surface area contributed by atoms with Gasteiger partial charge >= 0.3 is 0 Å². The van der Waals surface area contributed by atoms with Gasteiger partial charge < -0.3 is 20.1 Å². The summed E-state index contributed by atoms with van der Waals surface area (Å²) in [5.41, 5.74) is 3.84. The van der Waals surface area contributed by atoms with Crippen LogP contribution in [0.2, 0.25) is 0 Å². The summed E-state index contributed by atoms with van der Waals surface area (Å²) < 4.78 is 5.32. The number of H-pyrrole nitrogens is 1. The van der Waals surface area contributed by atoms with Crippen LogP contribution in [0.15, 0.2) is 36.5 Å². The van der Waals surface area contributed by atoms with Crippen LogP contribution >= 0.6 is 0 Å². The second kappa shape index (κ2) is 8.73. The fourth-order valence-electron chi connectivity index (χ4n) is 3.27. The molecule has 0 bridgehead atoms. The number of methoxy groups -OCH3 is 1. The molecule has 1 aromatic carbocycles. The van der Waals surface area contributed by atoms with Gasteiger partial charge in [0.25, 0.3) is 5.91 Å². The van der Waals surface area contributed by atoms with Crippen molar-refractivity contribution in [1.82, 2.24) is 4.98 Å². The van der Waals surface area contributed by atoms with Gasteiger partial charge in [0.1, 0.15) is 5.75 Å². The Morgan fingerprint density at radius 3 is 2.89 bits per heavy atom. The summed E-state index contributed by atoms with van der Waals surface area (Å²) in [6, 6.07) is 7.56. The number of ether oxygens (including phenoxy) is 1. The van der Waals surface area contributed by atoms with Crippen LogP contribution in [-0.2, 0) is 4.79 Å². The molecule has 1 aromatic heterocycles. The molecule has 1 unspecified atom stereocenters. The molecule has 2 aromatic rings. The molecule has 1 amide bonds. The van der Waals surface area contributed by atoms with Gasteiger partial charge in [-0.15, -0.1) is 0 Å². The molecule has 3 rings (SSSR count). The average Bonchev–Trinajstić information content (AvgIpc) is 3.24. The Morgan fingerprint density at radius 2 is 2.11 bits per heavy atom. The number of rotatable bonds is 8. The molecule has 0 saturated heterocycles. The van der Waals surface area contributed by atoms with Gasteiger partial charge in [-0.05, 0) is 30.2 Å². The van der Waals surface area contributed by atoms with E-state index in [1.807, 2.05) is 30.3 Å². The van der Waals surface area contributed by atoms with E-state index in [1.54, 1.807) is 25.5 Å². The van der Waals surface area contributed by atoms with Crippen molar-refractivity contribution in [2.75, 3.05) is 12.4 Å². The van der Waals surface area contributed by atoms with Crippen molar-refractivity contribution in [1.29, 1.82) is 0 Å². The van der Waals surface area contributed by atoms with E-state index in [0.29, 0.717) is 11.3 Å². The van der Waals surface area contributed by atoms with E-state index >= 15 is 0 Å². The normalized spacial score (nSPS) is 16.0. The van der Waals surface area contributed by atoms with Crippen LogP contribution in [0, 0.1) is 0 Å². The maximum absolute atomic E-state index is 12.5. The van der Waals surface area contributed by atoms with Crippen molar-refractivity contribution in [2.24, 2.45) is 0 Å². The number of amides is 1. The minimum Gasteiger partial charge on any atom is -0.495 e. The maximum Gasteiger partial charge on any atom is 0.256 e. The lowest BCUT2D eigenvalue weighted by Crippen LogP contribution is -2.03. The molecule has 3 N–H and O–H groups in total. The number of anilines is 1. The van der Waals surface area contributed by atoms with Crippen molar-refractivity contribution >= 4 is 29.3 Å². The minimum atomic E-state index is -0.478. The Labute approximate surface area is 159 Å². The number of carbonyl (C=O) groups excluding carboxylic acids is 1. The largest absolute Gasteiger partial charge is 0.495 e. The molecular weight excluding hydrogens is 340 g/mol. The van der Waals surface area contributed by atoms with Gasteiger partial charge in [-0.1, -0.05) is 50.5 Å². The number of aromatic amines is 1. The van der Waals surface area contributed by atoms with Crippen LogP contribution in [-0.4, -0.2) is 29.2 Å². The van der Waals surface area contributed by atoms with Gasteiger partial charge in [0.2, 0.25) is 0 Å². The number of nitrogens with one attached hydrogen (secondary N) is 2. The summed E-state index contributed by atoms with van der Waals surface area (Å²) in [7, 11) is 1.60. The Bertz CT molecular complexity index is 864. The third-order valence-corrected chi connectivity index (χ3v) is 4.71. The first kappa shape index (κ1) is 19.0. The van der Waals surface area contributed by atoms with E-state index in [-0.39, 0.29) is 5.91 Å². The molecule has 1 atom stereocenters. The van der Waals surface area contributed by atoms with Crippen molar-refractivity contribution in [3.05, 3.63) is 53.4 Å². The smallest absolute Gasteiger partial charge is 0.256 e. The zero-order valence-electron chi connectivity index (χ0n) is 15.8. The second-order valence-corrected chi connectivity index (χ2v) is 6.66. The number of hydrogen-bond donors (Lipinski definition) is 3. The molecule has 1 aliphatic rings. The Hall–Kier alpha value is -2.79. The van der Waals surface area contributed by atoms with Crippen LogP contribution in [0.25, 0.3) is 17.7 Å². The summed E-state index contributed by atoms with van der Waals surface area (Å²) in [6.07, 6.45) is 10.8. The van der Waals surface area contributed by atoms with Crippen LogP contribution < -0.4 is 10.1 Å². The minimum absolute atomic E-state index is 0.147. The molecule has 2 heterocycles. The molecule has 1 aliphatic heterocycles. The lowest BCUT2D eigenvalue weighted by molar-refractivity contribution is -0.110. The first-order chi connectivity index (χ1) is 13.1. The summed E-state index contributed by atoms with van der Waals surface area (Å²) in [5, 5.41) is 13.1. The van der Waals surface area contributed by atoms with E-state index in [1.165, 1.54) is 0 Å². The molecule has 27 heavy (non-hydrogen) atoms. The van der Waals surface area contributed by atoms with Crippen LogP contribution in [0.1, 0.15) is 49.4 Å². The summed E-state index contributed by atoms with van der Waals surface area (Å²) in [5.74, 6) is 0.536. The number of carbonyl (C=O) groups is 1. The second-order valence-electron chi connectivity index (χ2n) is 6.66. The highest BCUT2D eigenvalue weighted by Crippen LogP contribution is 2.37. The third-order valence-electron chi connectivity index (χ3n) is 4.71. The van der Waals surface area contributed by atoms with E-state index < -0.39 is 6.10 Å². The zero-order chi connectivity index (χ0) is 19.2. The number of hydrogen-bond acceptors (Lipinski definition) is 3. The monoisotopic (exact) mass is 366 g/mol. The zero-order valence-corrected chi connectivity index (χ0v) is 15.8. The summed E-state index contributed by atoms with van der Waals surface area (Å²) >= 11 is 0. The predicted molar refractivity (Wildman–Crippen MR) is 109 cm³/mol. The average molecular weight is 366 g/mol. The van der Waals surface area contributed by atoms with Gasteiger partial charge in [0.05, 0.1) is 24.5 Å². The highest BCUT2D eigenvalue weighted by molar-refractivity contribution is 6.35. The topological polar surface area (TPSA) is 74.3 Å². The van der Waals surface area contributed by atoms with E-state index in [4.69, 9.17) is 4.74 Å². The molecule has 5 nitrogen and oxygen atoms in total. The molecule has 0 saturated carbocycles. The lowest BCUT2D eigenvalue weighted by Gasteiger charge is -2.07.